The highest BCUT2D eigenvalue weighted by Crippen LogP contribution is 2.26. The standard InChI is InChI=1S/C28H43F2N5O/c1-8-9-24(32-21-11-10-19-12-20(29)13-23(30)22(19)14-21)26(36)33-25-15-35(18-31-25)28(5,6)17-34(7)16-27(2,3)4/h12-13,15,18,21,24,32H,8-11,14,16-17H2,1-7H3,(H,33,36). The topological polar surface area (TPSA) is 62.2 Å². The van der Waals surface area contributed by atoms with Crippen molar-refractivity contribution in [2.45, 2.75) is 91.3 Å². The molecule has 0 fully saturated rings. The number of fused-ring (bicyclic) bond motifs is 1. The number of anilines is 1. The second-order valence-electron chi connectivity index (χ2n) is 12.2. The zero-order chi connectivity index (χ0) is 26.7. The van der Waals surface area contributed by atoms with Crippen LogP contribution in [0.1, 0.15) is 71.9 Å². The SMILES string of the molecule is CCCC(NC1CCc2cc(F)cc(F)c2C1)C(=O)Nc1cn(C(C)(C)CN(C)CC(C)(C)C)cn1. The molecule has 0 radical (unpaired) electrons. The highest BCUT2D eigenvalue weighted by atomic mass is 19.1. The van der Waals surface area contributed by atoms with Gasteiger partial charge in [-0.05, 0) is 69.2 Å². The summed E-state index contributed by atoms with van der Waals surface area (Å²) >= 11 is 0. The number of hydrogen-bond donors (Lipinski definition) is 2. The summed E-state index contributed by atoms with van der Waals surface area (Å²) in [5.41, 5.74) is 1.29. The Kier molecular flexibility index (Phi) is 8.93. The van der Waals surface area contributed by atoms with Crippen molar-refractivity contribution in [3.63, 3.8) is 0 Å². The average Bonchev–Trinajstić information content (AvgIpc) is 3.21. The summed E-state index contributed by atoms with van der Waals surface area (Å²) < 4.78 is 29.9. The van der Waals surface area contributed by atoms with Gasteiger partial charge in [0.2, 0.25) is 5.91 Å². The van der Waals surface area contributed by atoms with Crippen molar-refractivity contribution in [1.82, 2.24) is 19.8 Å². The van der Waals surface area contributed by atoms with E-state index in [9.17, 15) is 13.6 Å². The monoisotopic (exact) mass is 503 g/mol. The molecule has 0 spiro atoms. The number of halogens is 2. The lowest BCUT2D eigenvalue weighted by molar-refractivity contribution is -0.118. The van der Waals surface area contributed by atoms with E-state index in [2.05, 4.69) is 62.2 Å². The smallest absolute Gasteiger partial charge is 0.242 e. The molecule has 1 aliphatic carbocycles. The first-order valence-electron chi connectivity index (χ1n) is 13.0. The van der Waals surface area contributed by atoms with Gasteiger partial charge in [0.25, 0.3) is 0 Å². The predicted molar refractivity (Wildman–Crippen MR) is 141 cm³/mol. The molecule has 2 N–H and O–H groups in total. The van der Waals surface area contributed by atoms with Crippen LogP contribution in [0.5, 0.6) is 0 Å². The third-order valence-electron chi connectivity index (χ3n) is 6.73. The Labute approximate surface area is 214 Å². The Hall–Kier alpha value is -2.32. The lowest BCUT2D eigenvalue weighted by Crippen LogP contribution is -2.48. The number of aromatic nitrogens is 2. The largest absolute Gasteiger partial charge is 0.328 e. The summed E-state index contributed by atoms with van der Waals surface area (Å²) in [6.45, 7) is 14.9. The molecule has 0 saturated carbocycles. The molecule has 1 aliphatic rings. The Morgan fingerprint density at radius 2 is 1.94 bits per heavy atom. The van der Waals surface area contributed by atoms with Gasteiger partial charge < -0.3 is 20.1 Å². The molecule has 1 aromatic carbocycles. The van der Waals surface area contributed by atoms with Gasteiger partial charge >= 0.3 is 0 Å². The number of carbonyl (C=O) groups is 1. The number of likely N-dealkylation sites (N-methyl/N-ethyl adjacent to an activating group) is 1. The Balaban J connectivity index is 1.63. The van der Waals surface area contributed by atoms with Crippen LogP contribution < -0.4 is 10.6 Å². The van der Waals surface area contributed by atoms with E-state index in [0.717, 1.165) is 37.6 Å². The summed E-state index contributed by atoms with van der Waals surface area (Å²) in [4.78, 5) is 19.9. The van der Waals surface area contributed by atoms with E-state index in [1.54, 1.807) is 6.33 Å². The first-order chi connectivity index (χ1) is 16.8. The van der Waals surface area contributed by atoms with E-state index >= 15 is 0 Å². The molecule has 6 nitrogen and oxygen atoms in total. The van der Waals surface area contributed by atoms with Crippen molar-refractivity contribution in [2.24, 2.45) is 5.41 Å². The fraction of sp³-hybridized carbons (Fsp3) is 0.643. The number of carbonyl (C=O) groups excluding carboxylic acids is 1. The van der Waals surface area contributed by atoms with Crippen LogP contribution in [-0.4, -0.2) is 52.6 Å². The van der Waals surface area contributed by atoms with Crippen LogP contribution in [0.2, 0.25) is 0 Å². The van der Waals surface area contributed by atoms with Crippen molar-refractivity contribution < 1.29 is 13.6 Å². The van der Waals surface area contributed by atoms with Gasteiger partial charge in [-0.15, -0.1) is 0 Å². The predicted octanol–water partition coefficient (Wildman–Crippen LogP) is 5.13. The molecule has 1 heterocycles. The van der Waals surface area contributed by atoms with Crippen molar-refractivity contribution in [3.05, 3.63) is 47.4 Å². The van der Waals surface area contributed by atoms with E-state index in [1.807, 2.05) is 17.7 Å². The number of benzene rings is 1. The number of rotatable bonds is 10. The van der Waals surface area contributed by atoms with Gasteiger partial charge in [-0.1, -0.05) is 34.1 Å². The van der Waals surface area contributed by atoms with Crippen molar-refractivity contribution in [3.8, 4) is 0 Å². The maximum absolute atomic E-state index is 14.3. The van der Waals surface area contributed by atoms with E-state index in [0.29, 0.717) is 30.6 Å². The van der Waals surface area contributed by atoms with E-state index in [-0.39, 0.29) is 22.9 Å². The maximum atomic E-state index is 14.3. The van der Waals surface area contributed by atoms with Crippen LogP contribution in [0.25, 0.3) is 0 Å². The minimum Gasteiger partial charge on any atom is -0.328 e. The molecule has 3 rings (SSSR count). The van der Waals surface area contributed by atoms with Gasteiger partial charge in [0.1, 0.15) is 11.6 Å². The molecule has 0 aliphatic heterocycles. The minimum atomic E-state index is -0.538. The molecule has 8 heteroatoms. The van der Waals surface area contributed by atoms with Crippen LogP contribution in [0.15, 0.2) is 24.7 Å². The van der Waals surface area contributed by atoms with Gasteiger partial charge in [0.05, 0.1) is 17.9 Å². The molecule has 2 atom stereocenters. The van der Waals surface area contributed by atoms with E-state index < -0.39 is 17.7 Å². The van der Waals surface area contributed by atoms with Crippen LogP contribution in [-0.2, 0) is 23.2 Å². The molecule has 200 valence electrons. The number of aryl methyl sites for hydroxylation is 1. The summed E-state index contributed by atoms with van der Waals surface area (Å²) in [5.74, 6) is -0.668. The normalized spacial score (nSPS) is 17.2. The van der Waals surface area contributed by atoms with Crippen LogP contribution in [0.3, 0.4) is 0 Å². The second-order valence-corrected chi connectivity index (χ2v) is 12.2. The van der Waals surface area contributed by atoms with Gasteiger partial charge in [-0.25, -0.2) is 13.8 Å². The van der Waals surface area contributed by atoms with Gasteiger partial charge in [-0.2, -0.15) is 0 Å². The quantitative estimate of drug-likeness (QED) is 0.472. The highest BCUT2D eigenvalue weighted by Gasteiger charge is 2.28. The molecular weight excluding hydrogens is 460 g/mol. The Bertz CT molecular complexity index is 1040. The maximum Gasteiger partial charge on any atom is 0.242 e. The van der Waals surface area contributed by atoms with Gasteiger partial charge in [0, 0.05) is 31.4 Å². The molecule has 2 unspecified atom stereocenters. The van der Waals surface area contributed by atoms with Crippen molar-refractivity contribution in [2.75, 3.05) is 25.5 Å². The number of nitrogens with one attached hydrogen (secondary N) is 2. The average molecular weight is 504 g/mol. The Morgan fingerprint density at radius 1 is 1.22 bits per heavy atom. The lowest BCUT2D eigenvalue weighted by Gasteiger charge is -2.34. The highest BCUT2D eigenvalue weighted by molar-refractivity contribution is 5.94. The molecule has 0 saturated heterocycles. The molecular formula is C28H43F2N5O. The number of amides is 1. The van der Waals surface area contributed by atoms with Crippen LogP contribution in [0, 0.1) is 17.0 Å². The number of nitrogens with zero attached hydrogens (tertiary/aromatic N) is 3. The molecule has 0 bridgehead atoms. The fourth-order valence-electron chi connectivity index (χ4n) is 5.33. The Morgan fingerprint density at radius 3 is 2.61 bits per heavy atom. The summed E-state index contributed by atoms with van der Waals surface area (Å²) in [6.07, 6.45) is 6.90. The molecule has 1 aromatic heterocycles. The van der Waals surface area contributed by atoms with E-state index in [4.69, 9.17) is 0 Å². The summed E-state index contributed by atoms with van der Waals surface area (Å²) in [7, 11) is 2.12. The summed E-state index contributed by atoms with van der Waals surface area (Å²) in [5, 5.41) is 6.40. The number of hydrogen-bond acceptors (Lipinski definition) is 4. The number of imidazole rings is 1. The zero-order valence-corrected chi connectivity index (χ0v) is 22.9. The first kappa shape index (κ1) is 28.3. The van der Waals surface area contributed by atoms with Crippen LogP contribution >= 0.6 is 0 Å². The van der Waals surface area contributed by atoms with Crippen molar-refractivity contribution in [1.29, 1.82) is 0 Å². The van der Waals surface area contributed by atoms with Gasteiger partial charge in [-0.3, -0.25) is 4.79 Å². The lowest BCUT2D eigenvalue weighted by atomic mass is 9.87. The van der Waals surface area contributed by atoms with Crippen LogP contribution in [0.4, 0.5) is 14.6 Å². The molecule has 2 aromatic rings. The van der Waals surface area contributed by atoms with Gasteiger partial charge in [0.15, 0.2) is 5.82 Å². The molecule has 1 amide bonds. The van der Waals surface area contributed by atoms with E-state index in [1.165, 1.54) is 6.07 Å². The fourth-order valence-corrected chi connectivity index (χ4v) is 5.33. The second kappa shape index (κ2) is 11.4. The summed E-state index contributed by atoms with van der Waals surface area (Å²) in [6, 6.07) is 1.90. The third-order valence-corrected chi connectivity index (χ3v) is 6.73. The third kappa shape index (κ3) is 7.59. The van der Waals surface area contributed by atoms with Crippen molar-refractivity contribution >= 4 is 11.7 Å². The molecule has 36 heavy (non-hydrogen) atoms. The zero-order valence-electron chi connectivity index (χ0n) is 22.9. The minimum absolute atomic E-state index is 0.0467. The first-order valence-corrected chi connectivity index (χ1v) is 13.0.